The molecule has 27 heavy (non-hydrogen) atoms. The number of fused-ring (bicyclic) bond motifs is 1. The van der Waals surface area contributed by atoms with Crippen LogP contribution in [0.3, 0.4) is 0 Å². The predicted molar refractivity (Wildman–Crippen MR) is 74.3 cm³/mol. The average molecular weight is 380 g/mol. The SMILES string of the molecule is O=C1C=CC(=O)OC2(O1)OC(=O)/C=C\C(=O)OC21COC(=O)/C=C\C(=O)O1. The van der Waals surface area contributed by atoms with Gasteiger partial charge in [0.25, 0.3) is 0 Å². The van der Waals surface area contributed by atoms with Crippen LogP contribution >= 0.6 is 0 Å². The fraction of sp³-hybridized carbons (Fsp3) is 0.200. The Hall–Kier alpha value is -3.96. The third-order valence-corrected chi connectivity index (χ3v) is 3.17. The second-order valence-corrected chi connectivity index (χ2v) is 5.02. The van der Waals surface area contributed by atoms with Crippen LogP contribution in [-0.4, -0.2) is 54.2 Å². The Morgan fingerprint density at radius 2 is 0.852 bits per heavy atom. The number of esters is 6. The van der Waals surface area contributed by atoms with Crippen LogP contribution in [0.25, 0.3) is 0 Å². The first kappa shape index (κ1) is 17.8. The van der Waals surface area contributed by atoms with E-state index in [1.165, 1.54) is 0 Å². The van der Waals surface area contributed by atoms with Gasteiger partial charge in [0.15, 0.2) is 6.61 Å². The summed E-state index contributed by atoms with van der Waals surface area (Å²) in [5.74, 6) is -13.8. The van der Waals surface area contributed by atoms with E-state index in [4.69, 9.17) is 28.4 Å². The van der Waals surface area contributed by atoms with Crippen molar-refractivity contribution in [1.82, 2.24) is 0 Å². The quantitative estimate of drug-likeness (QED) is 0.347. The monoisotopic (exact) mass is 380 g/mol. The maximum Gasteiger partial charge on any atom is 0.511 e. The van der Waals surface area contributed by atoms with Gasteiger partial charge in [0.1, 0.15) is 0 Å². The molecule has 3 heterocycles. The lowest BCUT2D eigenvalue weighted by Gasteiger charge is -2.42. The lowest BCUT2D eigenvalue weighted by Crippen LogP contribution is -2.67. The van der Waals surface area contributed by atoms with Crippen molar-refractivity contribution in [1.29, 1.82) is 0 Å². The van der Waals surface area contributed by atoms with E-state index >= 15 is 0 Å². The maximum atomic E-state index is 12.0. The summed E-state index contributed by atoms with van der Waals surface area (Å²) in [6.45, 7) is -1.14. The normalized spacial score (nSPS) is 29.5. The summed E-state index contributed by atoms with van der Waals surface area (Å²) >= 11 is 0. The topological polar surface area (TPSA) is 158 Å². The molecule has 0 N–H and O–H groups in total. The van der Waals surface area contributed by atoms with Crippen LogP contribution in [0.4, 0.5) is 0 Å². The van der Waals surface area contributed by atoms with Gasteiger partial charge in [-0.15, -0.1) is 0 Å². The van der Waals surface area contributed by atoms with Crippen LogP contribution in [0, 0.1) is 0 Å². The number of carbonyl (C=O) groups is 6. The second kappa shape index (κ2) is 6.40. The van der Waals surface area contributed by atoms with Gasteiger partial charge in [0, 0.05) is 36.5 Å². The summed E-state index contributed by atoms with van der Waals surface area (Å²) in [6.07, 6.45) is 3.70. The number of hydrogen-bond acceptors (Lipinski definition) is 12. The number of rotatable bonds is 0. The van der Waals surface area contributed by atoms with Crippen molar-refractivity contribution in [3.05, 3.63) is 36.5 Å². The second-order valence-electron chi connectivity index (χ2n) is 5.02. The summed E-state index contributed by atoms with van der Waals surface area (Å²) in [4.78, 5) is 71.1. The van der Waals surface area contributed by atoms with Crippen LogP contribution in [0.1, 0.15) is 0 Å². The minimum Gasteiger partial charge on any atom is -0.454 e. The van der Waals surface area contributed by atoms with Crippen molar-refractivity contribution in [3.8, 4) is 0 Å². The largest absolute Gasteiger partial charge is 0.511 e. The molecule has 12 heteroatoms. The summed E-state index contributed by atoms with van der Waals surface area (Å²) in [7, 11) is 0. The van der Waals surface area contributed by atoms with Gasteiger partial charge < -0.3 is 28.4 Å². The lowest BCUT2D eigenvalue weighted by atomic mass is 10.2. The number of cyclic esters (lactones) is 1. The van der Waals surface area contributed by atoms with Gasteiger partial charge in [-0.2, -0.15) is 0 Å². The highest BCUT2D eigenvalue weighted by atomic mass is 16.9. The molecule has 0 bridgehead atoms. The van der Waals surface area contributed by atoms with Crippen LogP contribution in [0.5, 0.6) is 0 Å². The van der Waals surface area contributed by atoms with Gasteiger partial charge in [-0.1, -0.05) is 0 Å². The molecule has 0 aromatic carbocycles. The van der Waals surface area contributed by atoms with E-state index in [0.29, 0.717) is 36.5 Å². The van der Waals surface area contributed by atoms with Gasteiger partial charge in [0.2, 0.25) is 0 Å². The molecule has 1 unspecified atom stereocenters. The van der Waals surface area contributed by atoms with Gasteiger partial charge in [-0.25, -0.2) is 28.8 Å². The molecular formula is C15H8O12. The average Bonchev–Trinajstić information content (AvgIpc) is 2.73. The number of ether oxygens (including phenoxy) is 6. The zero-order chi connectivity index (χ0) is 19.7. The van der Waals surface area contributed by atoms with Gasteiger partial charge >= 0.3 is 47.6 Å². The molecule has 0 fully saturated rings. The summed E-state index contributed by atoms with van der Waals surface area (Å²) in [5, 5.41) is 0. The molecule has 3 aliphatic heterocycles. The highest BCUT2D eigenvalue weighted by Gasteiger charge is 2.71. The van der Waals surface area contributed by atoms with E-state index in [-0.39, 0.29) is 0 Å². The van der Waals surface area contributed by atoms with E-state index in [9.17, 15) is 28.8 Å². The molecule has 0 aromatic heterocycles. The van der Waals surface area contributed by atoms with Crippen molar-refractivity contribution in [2.24, 2.45) is 0 Å². The van der Waals surface area contributed by atoms with Crippen LogP contribution in [-0.2, 0) is 57.2 Å². The Labute approximate surface area is 148 Å². The molecule has 0 saturated heterocycles. The summed E-state index contributed by atoms with van der Waals surface area (Å²) in [6, 6.07) is 0. The van der Waals surface area contributed by atoms with Gasteiger partial charge in [0.05, 0.1) is 0 Å². The smallest absolute Gasteiger partial charge is 0.454 e. The highest BCUT2D eigenvalue weighted by molar-refractivity contribution is 5.96. The number of carbonyl (C=O) groups excluding carboxylic acids is 6. The fourth-order valence-corrected chi connectivity index (χ4v) is 2.10. The molecule has 1 atom stereocenters. The zero-order valence-electron chi connectivity index (χ0n) is 13.1. The fourth-order valence-electron chi connectivity index (χ4n) is 2.10. The maximum absolute atomic E-state index is 12.0. The van der Waals surface area contributed by atoms with Crippen molar-refractivity contribution in [2.45, 2.75) is 11.8 Å². The van der Waals surface area contributed by atoms with Gasteiger partial charge in [-0.05, 0) is 0 Å². The Morgan fingerprint density at radius 1 is 0.519 bits per heavy atom. The van der Waals surface area contributed by atoms with Crippen LogP contribution < -0.4 is 0 Å². The highest BCUT2D eigenvalue weighted by Crippen LogP contribution is 2.38. The molecule has 0 radical (unpaired) electrons. The van der Waals surface area contributed by atoms with Crippen LogP contribution in [0.2, 0.25) is 0 Å². The molecule has 140 valence electrons. The summed E-state index contributed by atoms with van der Waals surface area (Å²) < 4.78 is 29.1. The van der Waals surface area contributed by atoms with E-state index < -0.39 is 54.2 Å². The van der Waals surface area contributed by atoms with Gasteiger partial charge in [-0.3, -0.25) is 0 Å². The third-order valence-electron chi connectivity index (χ3n) is 3.17. The van der Waals surface area contributed by atoms with E-state index in [2.05, 4.69) is 0 Å². The Kier molecular flexibility index (Phi) is 4.23. The van der Waals surface area contributed by atoms with E-state index in [1.54, 1.807) is 0 Å². The molecule has 2 spiro atoms. The Bertz CT molecular complexity index is 815. The van der Waals surface area contributed by atoms with Crippen molar-refractivity contribution >= 4 is 35.8 Å². The Morgan fingerprint density at radius 3 is 1.26 bits per heavy atom. The first-order valence-electron chi connectivity index (χ1n) is 7.09. The predicted octanol–water partition coefficient (Wildman–Crippen LogP) is -1.69. The molecule has 12 nitrogen and oxygen atoms in total. The standard InChI is InChI=1S/C15H8O12/c16-8-1-2-9(17)23-14(7-22-8)15(25-11(19)4-3-10(18)24-14)26-12(20)5-6-13(21)27-15/h1-6H,7H2/b2-1-,4-3-. The number of hydrogen-bond donors (Lipinski definition) is 0. The van der Waals surface area contributed by atoms with E-state index in [0.717, 1.165) is 0 Å². The minimum atomic E-state index is -3.23. The molecule has 3 rings (SSSR count). The van der Waals surface area contributed by atoms with Crippen molar-refractivity contribution in [3.63, 3.8) is 0 Å². The lowest BCUT2D eigenvalue weighted by molar-refractivity contribution is -0.442. The first-order chi connectivity index (χ1) is 12.7. The summed E-state index contributed by atoms with van der Waals surface area (Å²) in [5.41, 5.74) is 0. The van der Waals surface area contributed by atoms with Crippen molar-refractivity contribution < 1.29 is 57.2 Å². The molecule has 0 saturated carbocycles. The third kappa shape index (κ3) is 3.40. The molecule has 3 aliphatic rings. The Balaban J connectivity index is 2.20. The molecule has 0 aliphatic carbocycles. The van der Waals surface area contributed by atoms with E-state index in [1.807, 2.05) is 0 Å². The minimum absolute atomic E-state index is 0.577. The zero-order valence-corrected chi connectivity index (χ0v) is 13.1. The molecule has 0 amide bonds. The van der Waals surface area contributed by atoms with Crippen molar-refractivity contribution in [2.75, 3.05) is 6.61 Å². The first-order valence-corrected chi connectivity index (χ1v) is 7.09. The van der Waals surface area contributed by atoms with Crippen LogP contribution in [0.15, 0.2) is 36.5 Å². The molecular weight excluding hydrogens is 372 g/mol. The molecule has 0 aromatic rings.